The van der Waals surface area contributed by atoms with Crippen LogP contribution in [0.3, 0.4) is 0 Å². The van der Waals surface area contributed by atoms with Crippen molar-refractivity contribution in [2.24, 2.45) is 0 Å². The average molecular weight is 337 g/mol. The van der Waals surface area contributed by atoms with Gasteiger partial charge in [-0.15, -0.1) is 11.8 Å². The molecule has 2 heterocycles. The highest BCUT2D eigenvalue weighted by Gasteiger charge is 2.23. The number of thioether (sulfide) groups is 1. The fourth-order valence-corrected chi connectivity index (χ4v) is 3.78. The first kappa shape index (κ1) is 17.5. The first-order valence-corrected chi connectivity index (χ1v) is 8.70. The number of nitrogens with two attached hydrogens (primary N) is 1. The summed E-state index contributed by atoms with van der Waals surface area (Å²) in [4.78, 5) is 34.1. The Kier molecular flexibility index (Phi) is 5.81. The van der Waals surface area contributed by atoms with Crippen LogP contribution in [0.5, 0.6) is 0 Å². The van der Waals surface area contributed by atoms with E-state index in [1.165, 1.54) is 0 Å². The third-order valence-electron chi connectivity index (χ3n) is 3.82. The van der Waals surface area contributed by atoms with E-state index >= 15 is 0 Å². The Labute approximate surface area is 140 Å². The Morgan fingerprint density at radius 3 is 2.57 bits per heavy atom. The molecule has 2 amide bonds. The van der Waals surface area contributed by atoms with Crippen LogP contribution in [0.2, 0.25) is 0 Å². The monoisotopic (exact) mass is 337 g/mol. The highest BCUT2D eigenvalue weighted by molar-refractivity contribution is 8.00. The molecule has 23 heavy (non-hydrogen) atoms. The van der Waals surface area contributed by atoms with Crippen molar-refractivity contribution >= 4 is 29.5 Å². The maximum atomic E-state index is 12.5. The smallest absolute Gasteiger partial charge is 0.257 e. The van der Waals surface area contributed by atoms with Crippen LogP contribution < -0.4 is 11.1 Å². The van der Waals surface area contributed by atoms with Crippen molar-refractivity contribution in [3.05, 3.63) is 17.0 Å². The van der Waals surface area contributed by atoms with Gasteiger partial charge in [0, 0.05) is 20.1 Å². The van der Waals surface area contributed by atoms with Crippen LogP contribution in [0.4, 0.5) is 5.95 Å². The van der Waals surface area contributed by atoms with Gasteiger partial charge in [-0.1, -0.05) is 0 Å². The molecule has 3 N–H and O–H groups in total. The van der Waals surface area contributed by atoms with Crippen molar-refractivity contribution in [1.82, 2.24) is 20.2 Å². The molecule has 0 spiro atoms. The molecule has 2 rings (SSSR count). The number of hydrogen-bond donors (Lipinski definition) is 2. The molecule has 126 valence electrons. The standard InChI is InChI=1S/C15H23N5O2S/c1-9-12(10(2)19-15(16)18-9)14(22)20(3)7-6-17-13(21)11-5-4-8-23-11/h11H,4-8H2,1-3H3,(H,17,21)(H2,16,18,19). The third-order valence-corrected chi connectivity index (χ3v) is 5.19. The molecular weight excluding hydrogens is 314 g/mol. The van der Waals surface area contributed by atoms with E-state index in [2.05, 4.69) is 15.3 Å². The van der Waals surface area contributed by atoms with Crippen molar-refractivity contribution in [2.75, 3.05) is 31.6 Å². The number of nitrogen functional groups attached to an aromatic ring is 1. The molecule has 8 heteroatoms. The van der Waals surface area contributed by atoms with Gasteiger partial charge in [0.05, 0.1) is 22.2 Å². The number of anilines is 1. The molecule has 1 atom stereocenters. The van der Waals surface area contributed by atoms with E-state index in [0.717, 1.165) is 18.6 Å². The molecule has 1 aromatic rings. The molecule has 1 saturated heterocycles. The lowest BCUT2D eigenvalue weighted by Gasteiger charge is -2.20. The Morgan fingerprint density at radius 1 is 1.35 bits per heavy atom. The summed E-state index contributed by atoms with van der Waals surface area (Å²) in [6.45, 7) is 4.35. The molecule has 0 aromatic carbocycles. The summed E-state index contributed by atoms with van der Waals surface area (Å²) in [7, 11) is 1.70. The molecule has 1 fully saturated rings. The number of hydrogen-bond acceptors (Lipinski definition) is 6. The number of nitrogens with zero attached hydrogens (tertiary/aromatic N) is 3. The van der Waals surface area contributed by atoms with Crippen molar-refractivity contribution in [3.8, 4) is 0 Å². The topological polar surface area (TPSA) is 101 Å². The fourth-order valence-electron chi connectivity index (χ4n) is 2.59. The van der Waals surface area contributed by atoms with Gasteiger partial charge >= 0.3 is 0 Å². The van der Waals surface area contributed by atoms with E-state index in [4.69, 9.17) is 5.73 Å². The molecule has 7 nitrogen and oxygen atoms in total. The van der Waals surface area contributed by atoms with E-state index in [0.29, 0.717) is 30.0 Å². The summed E-state index contributed by atoms with van der Waals surface area (Å²) >= 11 is 1.70. The van der Waals surface area contributed by atoms with E-state index in [1.807, 2.05) is 0 Å². The van der Waals surface area contributed by atoms with Crippen molar-refractivity contribution in [2.45, 2.75) is 31.9 Å². The Bertz CT molecular complexity index is 579. The van der Waals surface area contributed by atoms with Gasteiger partial charge in [-0.2, -0.15) is 0 Å². The van der Waals surface area contributed by atoms with E-state index in [-0.39, 0.29) is 23.0 Å². The molecule has 1 aromatic heterocycles. The van der Waals surface area contributed by atoms with Gasteiger partial charge in [-0.3, -0.25) is 9.59 Å². The highest BCUT2D eigenvalue weighted by atomic mass is 32.2. The first-order valence-electron chi connectivity index (χ1n) is 7.65. The SMILES string of the molecule is Cc1nc(N)nc(C)c1C(=O)N(C)CCNC(=O)C1CCCS1. The lowest BCUT2D eigenvalue weighted by molar-refractivity contribution is -0.120. The zero-order chi connectivity index (χ0) is 17.0. The maximum Gasteiger partial charge on any atom is 0.257 e. The molecular formula is C15H23N5O2S. The predicted octanol–water partition coefficient (Wildman–Crippen LogP) is 0.759. The maximum absolute atomic E-state index is 12.5. The van der Waals surface area contributed by atoms with Crippen LogP contribution in [0, 0.1) is 13.8 Å². The summed E-state index contributed by atoms with van der Waals surface area (Å²) in [5.74, 6) is 1.12. The summed E-state index contributed by atoms with van der Waals surface area (Å²) in [6.07, 6.45) is 2.03. The van der Waals surface area contributed by atoms with Gasteiger partial charge < -0.3 is 16.0 Å². The second kappa shape index (κ2) is 7.63. The second-order valence-electron chi connectivity index (χ2n) is 5.65. The number of amides is 2. The number of likely N-dealkylation sites (N-methyl/N-ethyl adjacent to an activating group) is 1. The third kappa shape index (κ3) is 4.34. The van der Waals surface area contributed by atoms with Crippen molar-refractivity contribution < 1.29 is 9.59 Å². The minimum absolute atomic E-state index is 0.0611. The molecule has 1 unspecified atom stereocenters. The lowest BCUT2D eigenvalue weighted by atomic mass is 10.1. The minimum atomic E-state index is -0.163. The zero-order valence-electron chi connectivity index (χ0n) is 13.8. The van der Waals surface area contributed by atoms with Crippen LogP contribution in [-0.4, -0.2) is 57.8 Å². The summed E-state index contributed by atoms with van der Waals surface area (Å²) < 4.78 is 0. The molecule has 1 aliphatic rings. The average Bonchev–Trinajstić information content (AvgIpc) is 2.99. The van der Waals surface area contributed by atoms with Crippen LogP contribution >= 0.6 is 11.8 Å². The van der Waals surface area contributed by atoms with Gasteiger partial charge in [0.25, 0.3) is 5.91 Å². The fraction of sp³-hybridized carbons (Fsp3) is 0.600. The number of nitrogens with one attached hydrogen (secondary N) is 1. The van der Waals surface area contributed by atoms with Gasteiger partial charge in [0.1, 0.15) is 0 Å². The van der Waals surface area contributed by atoms with Crippen molar-refractivity contribution in [1.29, 1.82) is 0 Å². The summed E-state index contributed by atoms with van der Waals surface area (Å²) in [6, 6.07) is 0. The van der Waals surface area contributed by atoms with Crippen LogP contribution in [0.25, 0.3) is 0 Å². The highest BCUT2D eigenvalue weighted by Crippen LogP contribution is 2.25. The number of rotatable bonds is 5. The first-order chi connectivity index (χ1) is 10.9. The molecule has 0 bridgehead atoms. The Hall–Kier alpha value is -1.83. The lowest BCUT2D eigenvalue weighted by Crippen LogP contribution is -2.39. The van der Waals surface area contributed by atoms with E-state index < -0.39 is 0 Å². The summed E-state index contributed by atoms with van der Waals surface area (Å²) in [5.41, 5.74) is 7.19. The number of carbonyl (C=O) groups excluding carboxylic acids is 2. The summed E-state index contributed by atoms with van der Waals surface area (Å²) in [5, 5.41) is 2.96. The molecule has 1 aliphatic heterocycles. The van der Waals surface area contributed by atoms with Crippen molar-refractivity contribution in [3.63, 3.8) is 0 Å². The second-order valence-corrected chi connectivity index (χ2v) is 6.96. The molecule has 0 aliphatic carbocycles. The molecule has 0 radical (unpaired) electrons. The predicted molar refractivity (Wildman–Crippen MR) is 91.4 cm³/mol. The number of aromatic nitrogens is 2. The number of carbonyl (C=O) groups is 2. The van der Waals surface area contributed by atoms with Gasteiger partial charge in [-0.25, -0.2) is 9.97 Å². The van der Waals surface area contributed by atoms with Crippen LogP contribution in [0.15, 0.2) is 0 Å². The Morgan fingerprint density at radius 2 is 2.00 bits per heavy atom. The van der Waals surface area contributed by atoms with Crippen LogP contribution in [0.1, 0.15) is 34.6 Å². The quantitative estimate of drug-likeness (QED) is 0.822. The van der Waals surface area contributed by atoms with Gasteiger partial charge in [-0.05, 0) is 32.4 Å². The molecule has 0 saturated carbocycles. The zero-order valence-corrected chi connectivity index (χ0v) is 14.6. The van der Waals surface area contributed by atoms with Gasteiger partial charge in [0.15, 0.2) is 0 Å². The number of aryl methyl sites for hydroxylation is 2. The Balaban J connectivity index is 1.89. The van der Waals surface area contributed by atoms with E-state index in [9.17, 15) is 9.59 Å². The van der Waals surface area contributed by atoms with Crippen LogP contribution in [-0.2, 0) is 4.79 Å². The normalized spacial score (nSPS) is 17.1. The van der Waals surface area contributed by atoms with E-state index in [1.54, 1.807) is 37.6 Å². The van der Waals surface area contributed by atoms with Gasteiger partial charge in [0.2, 0.25) is 11.9 Å². The largest absolute Gasteiger partial charge is 0.368 e. The minimum Gasteiger partial charge on any atom is -0.368 e.